The number of hydrogen-bond acceptors (Lipinski definition) is 5. The van der Waals surface area contributed by atoms with E-state index in [1.54, 1.807) is 34.5 Å². The fourth-order valence-electron chi connectivity index (χ4n) is 4.66. The lowest BCUT2D eigenvalue weighted by Gasteiger charge is -2.25. The summed E-state index contributed by atoms with van der Waals surface area (Å²) in [6, 6.07) is 5.87. The van der Waals surface area contributed by atoms with Crippen molar-refractivity contribution in [3.8, 4) is 0 Å². The predicted molar refractivity (Wildman–Crippen MR) is 123 cm³/mol. The summed E-state index contributed by atoms with van der Waals surface area (Å²) in [5.41, 5.74) is 3.43. The van der Waals surface area contributed by atoms with Gasteiger partial charge in [0.15, 0.2) is 11.5 Å². The van der Waals surface area contributed by atoms with Crippen LogP contribution in [-0.2, 0) is 7.05 Å². The van der Waals surface area contributed by atoms with Gasteiger partial charge in [-0.2, -0.15) is 5.10 Å². The molecule has 4 heterocycles. The van der Waals surface area contributed by atoms with E-state index in [2.05, 4.69) is 32.5 Å². The molecule has 32 heavy (non-hydrogen) atoms. The average Bonchev–Trinajstić information content (AvgIpc) is 3.42. The molecule has 166 valence electrons. The molecule has 0 unspecified atom stereocenters. The smallest absolute Gasteiger partial charge is 0.257 e. The first-order chi connectivity index (χ1) is 15.3. The second-order valence-electron chi connectivity index (χ2n) is 8.56. The number of aromatic nitrogens is 4. The molecule has 0 saturated carbocycles. The molecule has 2 atom stereocenters. The Hall–Kier alpha value is -3.46. The molecule has 1 saturated heterocycles. The van der Waals surface area contributed by atoms with Gasteiger partial charge in [0.2, 0.25) is 0 Å². The molecule has 1 fully saturated rings. The number of amides is 1. The van der Waals surface area contributed by atoms with Gasteiger partial charge in [0.1, 0.15) is 5.52 Å². The van der Waals surface area contributed by atoms with E-state index in [9.17, 15) is 9.18 Å². The fourth-order valence-corrected chi connectivity index (χ4v) is 4.66. The number of aryl methyl sites for hydroxylation is 2. The van der Waals surface area contributed by atoms with Crippen LogP contribution in [0.5, 0.6) is 0 Å². The number of rotatable bonds is 4. The highest BCUT2D eigenvalue weighted by atomic mass is 19.1. The van der Waals surface area contributed by atoms with Gasteiger partial charge in [0, 0.05) is 61.4 Å². The third-order valence-electron chi connectivity index (χ3n) is 6.19. The van der Waals surface area contributed by atoms with Gasteiger partial charge in [-0.05, 0) is 39.4 Å². The SMILES string of the molecule is CN[C@@H]1C[C@H](C)N(c2ccc(C(=O)Nc3cc(F)c4nc(C)cn4c3)c3nn(C)cc23)C1. The molecule has 0 aliphatic carbocycles. The number of halogens is 1. The quantitative estimate of drug-likeness (QED) is 0.515. The number of nitrogens with one attached hydrogen (secondary N) is 2. The maximum atomic E-state index is 14.4. The molecule has 8 nitrogen and oxygen atoms in total. The molecule has 2 N–H and O–H groups in total. The topological polar surface area (TPSA) is 79.5 Å². The molecule has 9 heteroatoms. The van der Waals surface area contributed by atoms with E-state index in [1.807, 2.05) is 26.4 Å². The monoisotopic (exact) mass is 435 g/mol. The highest BCUT2D eigenvalue weighted by Gasteiger charge is 2.30. The van der Waals surface area contributed by atoms with Gasteiger partial charge in [-0.15, -0.1) is 0 Å². The van der Waals surface area contributed by atoms with Crippen LogP contribution in [0.4, 0.5) is 15.8 Å². The highest BCUT2D eigenvalue weighted by Crippen LogP contribution is 2.34. The number of fused-ring (bicyclic) bond motifs is 2. The minimum atomic E-state index is -0.490. The Morgan fingerprint density at radius 1 is 1.25 bits per heavy atom. The Balaban J connectivity index is 1.50. The maximum Gasteiger partial charge on any atom is 0.257 e. The predicted octanol–water partition coefficient (Wildman–Crippen LogP) is 3.11. The average molecular weight is 436 g/mol. The summed E-state index contributed by atoms with van der Waals surface area (Å²) in [7, 11) is 3.83. The number of hydrogen-bond donors (Lipinski definition) is 2. The summed E-state index contributed by atoms with van der Waals surface area (Å²) in [4.78, 5) is 19.7. The van der Waals surface area contributed by atoms with Crippen LogP contribution >= 0.6 is 0 Å². The standard InChI is InChI=1S/C23H26FN7O/c1-13-9-30-10-16(8-19(24)22(30)26-13)27-23(32)17-5-6-20(18-12-29(4)28-21(17)18)31-11-15(25-3)7-14(31)2/h5-6,8-10,12,14-15,25H,7,11H2,1-4H3,(H,27,32)/t14-,15+/m0/s1. The molecule has 0 radical (unpaired) electrons. The van der Waals surface area contributed by atoms with Crippen LogP contribution in [0.25, 0.3) is 16.6 Å². The summed E-state index contributed by atoms with van der Waals surface area (Å²) >= 11 is 0. The maximum absolute atomic E-state index is 14.4. The van der Waals surface area contributed by atoms with Crippen molar-refractivity contribution in [1.29, 1.82) is 0 Å². The van der Waals surface area contributed by atoms with Crippen molar-refractivity contribution in [2.75, 3.05) is 23.8 Å². The number of anilines is 2. The first kappa shape index (κ1) is 20.4. The third kappa shape index (κ3) is 3.38. The van der Waals surface area contributed by atoms with Gasteiger partial charge >= 0.3 is 0 Å². The Labute approximate surface area is 185 Å². The third-order valence-corrected chi connectivity index (χ3v) is 6.19. The first-order valence-corrected chi connectivity index (χ1v) is 10.7. The van der Waals surface area contributed by atoms with E-state index in [-0.39, 0.29) is 11.6 Å². The molecule has 3 aromatic heterocycles. The second kappa shape index (κ2) is 7.59. The molecule has 5 rings (SSSR count). The Morgan fingerprint density at radius 2 is 2.06 bits per heavy atom. The van der Waals surface area contributed by atoms with Gasteiger partial charge < -0.3 is 19.9 Å². The van der Waals surface area contributed by atoms with Crippen LogP contribution in [0.3, 0.4) is 0 Å². The van der Waals surface area contributed by atoms with Crippen molar-refractivity contribution < 1.29 is 9.18 Å². The van der Waals surface area contributed by atoms with Gasteiger partial charge in [0.05, 0.1) is 16.9 Å². The van der Waals surface area contributed by atoms with Crippen LogP contribution in [0.1, 0.15) is 29.4 Å². The molecular weight excluding hydrogens is 409 g/mol. The lowest BCUT2D eigenvalue weighted by Crippen LogP contribution is -2.31. The van der Waals surface area contributed by atoms with E-state index in [0.717, 1.165) is 24.0 Å². The van der Waals surface area contributed by atoms with Crippen molar-refractivity contribution in [3.63, 3.8) is 0 Å². The van der Waals surface area contributed by atoms with Crippen molar-refractivity contribution >= 4 is 33.8 Å². The zero-order valence-corrected chi connectivity index (χ0v) is 18.6. The normalized spacial score (nSPS) is 18.7. The van der Waals surface area contributed by atoms with E-state index in [0.29, 0.717) is 34.5 Å². The summed E-state index contributed by atoms with van der Waals surface area (Å²) < 4.78 is 17.7. The van der Waals surface area contributed by atoms with Crippen molar-refractivity contribution in [1.82, 2.24) is 24.5 Å². The number of carbonyl (C=O) groups excluding carboxylic acids is 1. The van der Waals surface area contributed by atoms with Crippen molar-refractivity contribution in [2.45, 2.75) is 32.4 Å². The van der Waals surface area contributed by atoms with Crippen LogP contribution in [0.2, 0.25) is 0 Å². The van der Waals surface area contributed by atoms with Crippen LogP contribution in [0.15, 0.2) is 36.8 Å². The molecule has 0 bridgehead atoms. The van der Waals surface area contributed by atoms with Crippen molar-refractivity contribution in [3.05, 3.63) is 53.9 Å². The van der Waals surface area contributed by atoms with E-state index >= 15 is 0 Å². The summed E-state index contributed by atoms with van der Waals surface area (Å²) in [6.07, 6.45) is 6.38. The number of nitrogens with zero attached hydrogens (tertiary/aromatic N) is 5. The van der Waals surface area contributed by atoms with Gasteiger partial charge in [-0.1, -0.05) is 0 Å². The zero-order valence-electron chi connectivity index (χ0n) is 18.6. The van der Waals surface area contributed by atoms with Gasteiger partial charge in [-0.3, -0.25) is 9.48 Å². The van der Waals surface area contributed by atoms with Crippen LogP contribution in [-0.4, -0.2) is 50.7 Å². The Morgan fingerprint density at radius 3 is 2.81 bits per heavy atom. The van der Waals surface area contributed by atoms with E-state index < -0.39 is 5.82 Å². The van der Waals surface area contributed by atoms with Crippen LogP contribution < -0.4 is 15.5 Å². The lowest BCUT2D eigenvalue weighted by atomic mass is 10.1. The number of likely N-dealkylation sites (N-methyl/N-ethyl adjacent to an activating group) is 1. The minimum absolute atomic E-state index is 0.233. The number of pyridine rings is 1. The molecular formula is C23H26FN7O. The summed E-state index contributed by atoms with van der Waals surface area (Å²) in [5.74, 6) is -0.824. The van der Waals surface area contributed by atoms with Gasteiger partial charge in [-0.25, -0.2) is 9.37 Å². The molecule has 1 aromatic carbocycles. The molecule has 1 aliphatic heterocycles. The molecule has 0 spiro atoms. The lowest BCUT2D eigenvalue weighted by molar-refractivity contribution is 0.102. The summed E-state index contributed by atoms with van der Waals surface area (Å²) in [5, 5.41) is 11.7. The molecule has 4 aromatic rings. The second-order valence-corrected chi connectivity index (χ2v) is 8.56. The summed E-state index contributed by atoms with van der Waals surface area (Å²) in [6.45, 7) is 4.91. The van der Waals surface area contributed by atoms with E-state index in [1.165, 1.54) is 6.07 Å². The zero-order chi connectivity index (χ0) is 22.6. The first-order valence-electron chi connectivity index (χ1n) is 10.7. The number of imidazole rings is 1. The molecule has 1 amide bonds. The van der Waals surface area contributed by atoms with Gasteiger partial charge in [0.25, 0.3) is 5.91 Å². The highest BCUT2D eigenvalue weighted by molar-refractivity contribution is 6.14. The Bertz CT molecular complexity index is 1340. The number of benzene rings is 1. The minimum Gasteiger partial charge on any atom is -0.367 e. The van der Waals surface area contributed by atoms with Crippen molar-refractivity contribution in [2.24, 2.45) is 7.05 Å². The molecule has 1 aliphatic rings. The largest absolute Gasteiger partial charge is 0.367 e. The van der Waals surface area contributed by atoms with E-state index in [4.69, 9.17) is 0 Å². The number of carbonyl (C=O) groups is 1. The van der Waals surface area contributed by atoms with Crippen LogP contribution in [0, 0.1) is 12.7 Å². The fraction of sp³-hybridized carbons (Fsp3) is 0.348. The Kier molecular flexibility index (Phi) is 4.85.